The molecule has 0 aliphatic heterocycles. The molecule has 5 heteroatoms. The van der Waals surface area contributed by atoms with Gasteiger partial charge < -0.3 is 15.2 Å². The highest BCUT2D eigenvalue weighted by atomic mass is 19.1. The largest absolute Gasteiger partial charge is 0.489 e. The first-order valence-electron chi connectivity index (χ1n) is 5.59. The van der Waals surface area contributed by atoms with E-state index in [9.17, 15) is 8.78 Å². The van der Waals surface area contributed by atoms with Crippen molar-refractivity contribution in [2.24, 2.45) is 0 Å². The first-order chi connectivity index (χ1) is 8.17. The molecule has 0 aromatic heterocycles. The Morgan fingerprint density at radius 2 is 2.18 bits per heavy atom. The van der Waals surface area contributed by atoms with Crippen molar-refractivity contribution in [3.05, 3.63) is 29.8 Å². The Morgan fingerprint density at radius 1 is 1.41 bits per heavy atom. The van der Waals surface area contributed by atoms with Gasteiger partial charge in [-0.25, -0.2) is 8.78 Å². The molecule has 2 N–H and O–H groups in total. The van der Waals surface area contributed by atoms with Gasteiger partial charge in [0.2, 0.25) is 0 Å². The van der Waals surface area contributed by atoms with Gasteiger partial charge in [-0.05, 0) is 25.1 Å². The second-order valence-corrected chi connectivity index (χ2v) is 3.72. The average Bonchev–Trinajstić information content (AvgIpc) is 2.31. The zero-order valence-corrected chi connectivity index (χ0v) is 9.75. The molecular formula is C12H17F2NO2. The van der Waals surface area contributed by atoms with Gasteiger partial charge in [-0.2, -0.15) is 0 Å². The van der Waals surface area contributed by atoms with Gasteiger partial charge in [-0.1, -0.05) is 6.92 Å². The monoisotopic (exact) mass is 245 g/mol. The van der Waals surface area contributed by atoms with Crippen LogP contribution in [0.2, 0.25) is 0 Å². The van der Waals surface area contributed by atoms with E-state index in [4.69, 9.17) is 9.84 Å². The minimum absolute atomic E-state index is 0.0110. The summed E-state index contributed by atoms with van der Waals surface area (Å²) in [6, 6.07) is 2.88. The average molecular weight is 245 g/mol. The van der Waals surface area contributed by atoms with Crippen LogP contribution in [-0.4, -0.2) is 30.9 Å². The zero-order chi connectivity index (χ0) is 12.7. The first-order valence-corrected chi connectivity index (χ1v) is 5.59. The van der Waals surface area contributed by atoms with Gasteiger partial charge in [0.15, 0.2) is 11.6 Å². The summed E-state index contributed by atoms with van der Waals surface area (Å²) < 4.78 is 31.0. The lowest BCUT2D eigenvalue weighted by Crippen LogP contribution is -2.38. The smallest absolute Gasteiger partial charge is 0.167 e. The number of hydrogen-bond donors (Lipinski definition) is 2. The fraction of sp³-hybridized carbons (Fsp3) is 0.500. The highest BCUT2D eigenvalue weighted by Gasteiger charge is 2.10. The summed E-state index contributed by atoms with van der Waals surface area (Å²) in [6.07, 6.45) is 0.932. The second-order valence-electron chi connectivity index (χ2n) is 3.72. The van der Waals surface area contributed by atoms with Crippen LogP contribution in [0.25, 0.3) is 0 Å². The number of nitrogens with one attached hydrogen (secondary N) is 1. The summed E-state index contributed by atoms with van der Waals surface area (Å²) in [4.78, 5) is 0. The van der Waals surface area contributed by atoms with Crippen LogP contribution in [0.4, 0.5) is 8.78 Å². The van der Waals surface area contributed by atoms with Gasteiger partial charge in [-0.3, -0.25) is 0 Å². The van der Waals surface area contributed by atoms with Crippen LogP contribution in [-0.2, 0) is 0 Å². The van der Waals surface area contributed by atoms with E-state index < -0.39 is 11.6 Å². The van der Waals surface area contributed by atoms with E-state index in [0.717, 1.165) is 25.1 Å². The lowest BCUT2D eigenvalue weighted by Gasteiger charge is -2.16. The van der Waals surface area contributed by atoms with E-state index in [0.29, 0.717) is 0 Å². The van der Waals surface area contributed by atoms with E-state index in [1.54, 1.807) is 0 Å². The fourth-order valence-electron chi connectivity index (χ4n) is 1.31. The van der Waals surface area contributed by atoms with E-state index in [1.807, 2.05) is 6.92 Å². The molecule has 1 unspecified atom stereocenters. The van der Waals surface area contributed by atoms with Gasteiger partial charge in [-0.15, -0.1) is 0 Å². The molecular weight excluding hydrogens is 228 g/mol. The molecule has 96 valence electrons. The number of aliphatic hydroxyl groups excluding tert-OH is 1. The quantitative estimate of drug-likeness (QED) is 0.768. The van der Waals surface area contributed by atoms with Crippen LogP contribution in [0.3, 0.4) is 0 Å². The van der Waals surface area contributed by atoms with Crippen LogP contribution >= 0.6 is 0 Å². The molecule has 0 heterocycles. The standard InChI is InChI=1S/C12H17F2NO2/c1-2-5-15-10(7-16)8-17-12-4-3-9(13)6-11(12)14/h3-4,6,10,15-16H,2,5,7-8H2,1H3. The maximum Gasteiger partial charge on any atom is 0.167 e. The molecule has 3 nitrogen and oxygen atoms in total. The number of hydrogen-bond acceptors (Lipinski definition) is 3. The third-order valence-corrected chi connectivity index (χ3v) is 2.24. The van der Waals surface area contributed by atoms with Gasteiger partial charge >= 0.3 is 0 Å². The number of ether oxygens (including phenoxy) is 1. The van der Waals surface area contributed by atoms with Crippen molar-refractivity contribution >= 4 is 0 Å². The first kappa shape index (κ1) is 13.9. The molecule has 0 saturated carbocycles. The topological polar surface area (TPSA) is 41.5 Å². The van der Waals surface area contributed by atoms with Crippen molar-refractivity contribution in [1.29, 1.82) is 0 Å². The van der Waals surface area contributed by atoms with Crippen molar-refractivity contribution in [2.75, 3.05) is 19.8 Å². The van der Waals surface area contributed by atoms with E-state index in [-0.39, 0.29) is 25.0 Å². The predicted molar refractivity (Wildman–Crippen MR) is 61.0 cm³/mol. The Morgan fingerprint density at radius 3 is 2.76 bits per heavy atom. The summed E-state index contributed by atoms with van der Waals surface area (Å²) in [7, 11) is 0. The normalized spacial score (nSPS) is 12.5. The molecule has 1 aromatic rings. The fourth-order valence-corrected chi connectivity index (χ4v) is 1.31. The Kier molecular flexibility index (Phi) is 5.86. The molecule has 1 atom stereocenters. The molecule has 0 aliphatic rings. The molecule has 0 aliphatic carbocycles. The SMILES string of the molecule is CCCNC(CO)COc1ccc(F)cc1F. The third-order valence-electron chi connectivity index (χ3n) is 2.24. The van der Waals surface area contributed by atoms with Crippen LogP contribution in [0.5, 0.6) is 5.75 Å². The lowest BCUT2D eigenvalue weighted by atomic mass is 10.3. The zero-order valence-electron chi connectivity index (χ0n) is 9.75. The maximum absolute atomic E-state index is 13.2. The maximum atomic E-state index is 13.2. The van der Waals surface area contributed by atoms with Crippen LogP contribution < -0.4 is 10.1 Å². The Balaban J connectivity index is 2.47. The number of halogens is 2. The highest BCUT2D eigenvalue weighted by Crippen LogP contribution is 2.17. The second kappa shape index (κ2) is 7.19. The number of aliphatic hydroxyl groups is 1. The van der Waals surface area contributed by atoms with E-state index in [1.165, 1.54) is 6.07 Å². The van der Waals surface area contributed by atoms with E-state index in [2.05, 4.69) is 5.32 Å². The molecule has 0 fully saturated rings. The number of benzene rings is 1. The van der Waals surface area contributed by atoms with Crippen LogP contribution in [0.1, 0.15) is 13.3 Å². The summed E-state index contributed by atoms with van der Waals surface area (Å²) in [5.41, 5.74) is 0. The highest BCUT2D eigenvalue weighted by molar-refractivity contribution is 5.24. The van der Waals surface area contributed by atoms with Crippen LogP contribution in [0.15, 0.2) is 18.2 Å². The van der Waals surface area contributed by atoms with Gasteiger partial charge in [0, 0.05) is 6.07 Å². The van der Waals surface area contributed by atoms with Crippen molar-refractivity contribution in [3.8, 4) is 5.75 Å². The molecule has 17 heavy (non-hydrogen) atoms. The van der Waals surface area contributed by atoms with E-state index >= 15 is 0 Å². The van der Waals surface area contributed by atoms with Crippen molar-refractivity contribution in [2.45, 2.75) is 19.4 Å². The molecule has 0 amide bonds. The Hall–Kier alpha value is -1.20. The summed E-state index contributed by atoms with van der Waals surface area (Å²) in [6.45, 7) is 2.80. The van der Waals surface area contributed by atoms with Crippen molar-refractivity contribution < 1.29 is 18.6 Å². The minimum Gasteiger partial charge on any atom is -0.489 e. The third kappa shape index (κ3) is 4.66. The molecule has 0 radical (unpaired) electrons. The van der Waals surface area contributed by atoms with Gasteiger partial charge in [0.1, 0.15) is 12.4 Å². The molecule has 0 spiro atoms. The van der Waals surface area contributed by atoms with Crippen molar-refractivity contribution in [3.63, 3.8) is 0 Å². The molecule has 1 aromatic carbocycles. The molecule has 0 bridgehead atoms. The van der Waals surface area contributed by atoms with Gasteiger partial charge in [0.05, 0.1) is 12.6 Å². The van der Waals surface area contributed by atoms with Crippen LogP contribution in [0, 0.1) is 11.6 Å². The summed E-state index contributed by atoms with van der Waals surface area (Å²) >= 11 is 0. The Labute approximate surface area is 99.4 Å². The lowest BCUT2D eigenvalue weighted by molar-refractivity contribution is 0.179. The van der Waals surface area contributed by atoms with Gasteiger partial charge in [0.25, 0.3) is 0 Å². The Bertz CT molecular complexity index is 347. The number of rotatable bonds is 7. The van der Waals surface area contributed by atoms with Crippen molar-refractivity contribution in [1.82, 2.24) is 5.32 Å². The summed E-state index contributed by atoms with van der Waals surface area (Å²) in [5, 5.41) is 12.1. The predicted octanol–water partition coefficient (Wildman–Crippen LogP) is 1.70. The molecule has 0 saturated heterocycles. The minimum atomic E-state index is -0.739. The summed E-state index contributed by atoms with van der Waals surface area (Å²) in [5.74, 6) is -1.39. The molecule has 1 rings (SSSR count).